The lowest BCUT2D eigenvalue weighted by Gasteiger charge is -2.06. The Morgan fingerprint density at radius 1 is 1.22 bits per heavy atom. The summed E-state index contributed by atoms with van der Waals surface area (Å²) in [6.45, 7) is 0.841. The number of nitrogens with one attached hydrogen (secondary N) is 1. The van der Waals surface area contributed by atoms with Crippen LogP contribution in [0.3, 0.4) is 0 Å². The fourth-order valence-corrected chi connectivity index (χ4v) is 3.04. The van der Waals surface area contributed by atoms with Crippen LogP contribution < -0.4 is 5.32 Å². The predicted octanol–water partition coefficient (Wildman–Crippen LogP) is 4.67. The maximum absolute atomic E-state index is 4.31. The third-order valence-corrected chi connectivity index (χ3v) is 4.27. The lowest BCUT2D eigenvalue weighted by molar-refractivity contribution is 1.16. The van der Waals surface area contributed by atoms with E-state index >= 15 is 0 Å². The highest BCUT2D eigenvalue weighted by molar-refractivity contribution is 9.11. The van der Waals surface area contributed by atoms with Crippen LogP contribution in [0, 0.1) is 0 Å². The molecular formula is C14H11BrN2S. The minimum absolute atomic E-state index is 0.841. The monoisotopic (exact) mass is 318 g/mol. The molecule has 0 aliphatic heterocycles. The summed E-state index contributed by atoms with van der Waals surface area (Å²) in [4.78, 5) is 4.31. The molecule has 90 valence electrons. The van der Waals surface area contributed by atoms with Crippen LogP contribution in [0.15, 0.2) is 51.8 Å². The summed E-state index contributed by atoms with van der Waals surface area (Å²) >= 11 is 5.18. The van der Waals surface area contributed by atoms with Crippen molar-refractivity contribution in [1.29, 1.82) is 0 Å². The first-order chi connectivity index (χ1) is 8.81. The highest BCUT2D eigenvalue weighted by Crippen LogP contribution is 2.22. The van der Waals surface area contributed by atoms with Gasteiger partial charge in [0, 0.05) is 23.8 Å². The molecule has 2 nitrogen and oxygen atoms in total. The van der Waals surface area contributed by atoms with E-state index in [1.807, 2.05) is 18.3 Å². The summed E-state index contributed by atoms with van der Waals surface area (Å²) in [6, 6.07) is 12.4. The maximum atomic E-state index is 4.31. The van der Waals surface area contributed by atoms with E-state index in [1.165, 1.54) is 9.35 Å². The Balaban J connectivity index is 1.78. The van der Waals surface area contributed by atoms with Gasteiger partial charge in [-0.05, 0) is 57.2 Å². The number of rotatable bonds is 3. The van der Waals surface area contributed by atoms with E-state index in [-0.39, 0.29) is 0 Å². The normalized spacial score (nSPS) is 10.7. The molecule has 0 saturated carbocycles. The quantitative estimate of drug-likeness (QED) is 0.759. The van der Waals surface area contributed by atoms with Gasteiger partial charge in [0.2, 0.25) is 0 Å². The van der Waals surface area contributed by atoms with Crippen molar-refractivity contribution in [1.82, 2.24) is 4.98 Å². The zero-order valence-corrected chi connectivity index (χ0v) is 12.0. The number of halogens is 1. The summed E-state index contributed by atoms with van der Waals surface area (Å²) in [5.41, 5.74) is 3.44. The molecule has 0 spiro atoms. The van der Waals surface area contributed by atoms with Crippen LogP contribution in [0.1, 0.15) is 5.56 Å². The number of pyridine rings is 1. The number of benzene rings is 1. The van der Waals surface area contributed by atoms with Crippen molar-refractivity contribution < 1.29 is 0 Å². The van der Waals surface area contributed by atoms with Gasteiger partial charge in [-0.2, -0.15) is 0 Å². The van der Waals surface area contributed by atoms with Crippen molar-refractivity contribution in [3.8, 4) is 0 Å². The zero-order chi connectivity index (χ0) is 12.4. The number of aromatic nitrogens is 1. The topological polar surface area (TPSA) is 24.9 Å². The van der Waals surface area contributed by atoms with Crippen molar-refractivity contribution in [3.05, 3.63) is 57.3 Å². The van der Waals surface area contributed by atoms with Crippen molar-refractivity contribution in [2.24, 2.45) is 0 Å². The number of anilines is 1. The number of hydrogen-bond acceptors (Lipinski definition) is 3. The van der Waals surface area contributed by atoms with Crippen LogP contribution in [0.4, 0.5) is 5.69 Å². The number of nitrogens with zero attached hydrogens (tertiary/aromatic N) is 1. The zero-order valence-electron chi connectivity index (χ0n) is 9.56. The highest BCUT2D eigenvalue weighted by Gasteiger charge is 1.99. The molecule has 0 radical (unpaired) electrons. The van der Waals surface area contributed by atoms with Gasteiger partial charge in [0.25, 0.3) is 0 Å². The van der Waals surface area contributed by atoms with E-state index < -0.39 is 0 Å². The molecule has 0 aliphatic carbocycles. The van der Waals surface area contributed by atoms with Crippen molar-refractivity contribution in [3.63, 3.8) is 0 Å². The van der Waals surface area contributed by atoms with Gasteiger partial charge in [-0.3, -0.25) is 4.98 Å². The van der Waals surface area contributed by atoms with Gasteiger partial charge in [0.1, 0.15) is 0 Å². The van der Waals surface area contributed by atoms with E-state index in [2.05, 4.69) is 55.9 Å². The second kappa shape index (κ2) is 5.08. The molecule has 0 aliphatic rings. The van der Waals surface area contributed by atoms with Gasteiger partial charge >= 0.3 is 0 Å². The summed E-state index contributed by atoms with van der Waals surface area (Å²) in [7, 11) is 0. The molecule has 0 saturated heterocycles. The van der Waals surface area contributed by atoms with Gasteiger partial charge in [0.05, 0.1) is 9.30 Å². The van der Waals surface area contributed by atoms with Gasteiger partial charge in [-0.25, -0.2) is 0 Å². The van der Waals surface area contributed by atoms with E-state index in [9.17, 15) is 0 Å². The van der Waals surface area contributed by atoms with Crippen LogP contribution in [-0.2, 0) is 6.54 Å². The van der Waals surface area contributed by atoms with Crippen LogP contribution in [0.5, 0.6) is 0 Å². The highest BCUT2D eigenvalue weighted by atomic mass is 79.9. The van der Waals surface area contributed by atoms with Crippen molar-refractivity contribution >= 4 is 43.9 Å². The molecule has 0 fully saturated rings. The van der Waals surface area contributed by atoms with Crippen LogP contribution in [0.25, 0.3) is 10.9 Å². The van der Waals surface area contributed by atoms with Gasteiger partial charge in [-0.15, -0.1) is 11.3 Å². The molecular weight excluding hydrogens is 308 g/mol. The average molecular weight is 319 g/mol. The SMILES string of the molecule is Brc1cc(CNc2ccc3ncccc3c2)cs1. The summed E-state index contributed by atoms with van der Waals surface area (Å²) < 4.78 is 1.17. The minimum Gasteiger partial charge on any atom is -0.381 e. The fraction of sp³-hybridized carbons (Fsp3) is 0.0714. The lowest BCUT2D eigenvalue weighted by Crippen LogP contribution is -1.97. The molecule has 3 rings (SSSR count). The molecule has 18 heavy (non-hydrogen) atoms. The lowest BCUT2D eigenvalue weighted by atomic mass is 10.2. The van der Waals surface area contributed by atoms with E-state index in [0.717, 1.165) is 23.1 Å². The molecule has 2 aromatic heterocycles. The molecule has 4 heteroatoms. The Bertz CT molecular complexity index is 678. The van der Waals surface area contributed by atoms with E-state index in [1.54, 1.807) is 11.3 Å². The number of fused-ring (bicyclic) bond motifs is 1. The molecule has 3 aromatic rings. The van der Waals surface area contributed by atoms with Crippen molar-refractivity contribution in [2.45, 2.75) is 6.54 Å². The first-order valence-corrected chi connectivity index (χ1v) is 7.30. The summed E-state index contributed by atoms with van der Waals surface area (Å²) in [5, 5.41) is 6.74. The average Bonchev–Trinajstić information content (AvgIpc) is 2.82. The van der Waals surface area contributed by atoms with E-state index in [4.69, 9.17) is 0 Å². The number of thiophene rings is 1. The third kappa shape index (κ3) is 2.54. The van der Waals surface area contributed by atoms with E-state index in [0.29, 0.717) is 0 Å². The molecule has 1 aromatic carbocycles. The fourth-order valence-electron chi connectivity index (χ4n) is 1.83. The summed E-state index contributed by atoms with van der Waals surface area (Å²) in [6.07, 6.45) is 1.82. The second-order valence-corrected chi connectivity index (χ2v) is 6.31. The Kier molecular flexibility index (Phi) is 3.30. The minimum atomic E-state index is 0.841. The molecule has 0 unspecified atom stereocenters. The van der Waals surface area contributed by atoms with Crippen LogP contribution in [-0.4, -0.2) is 4.98 Å². The number of hydrogen-bond donors (Lipinski definition) is 1. The summed E-state index contributed by atoms with van der Waals surface area (Å²) in [5.74, 6) is 0. The van der Waals surface area contributed by atoms with Gasteiger partial charge < -0.3 is 5.32 Å². The Hall–Kier alpha value is -1.39. The standard InChI is InChI=1S/C14H11BrN2S/c15-14-6-10(9-18-14)8-17-12-3-4-13-11(7-12)2-1-5-16-13/h1-7,9,17H,8H2. The van der Waals surface area contributed by atoms with Gasteiger partial charge in [-0.1, -0.05) is 6.07 Å². The van der Waals surface area contributed by atoms with Gasteiger partial charge in [0.15, 0.2) is 0 Å². The van der Waals surface area contributed by atoms with Crippen LogP contribution in [0.2, 0.25) is 0 Å². The smallest absolute Gasteiger partial charge is 0.0703 e. The first-order valence-electron chi connectivity index (χ1n) is 5.63. The molecule has 1 N–H and O–H groups in total. The predicted molar refractivity (Wildman–Crippen MR) is 81.1 cm³/mol. The molecule has 2 heterocycles. The Morgan fingerprint density at radius 3 is 3.00 bits per heavy atom. The maximum Gasteiger partial charge on any atom is 0.0703 e. The molecule has 0 amide bonds. The Morgan fingerprint density at radius 2 is 2.17 bits per heavy atom. The second-order valence-electron chi connectivity index (χ2n) is 4.02. The van der Waals surface area contributed by atoms with Crippen molar-refractivity contribution in [2.75, 3.05) is 5.32 Å². The third-order valence-electron chi connectivity index (χ3n) is 2.72. The molecule has 0 atom stereocenters. The Labute approximate surface area is 118 Å². The molecule has 0 bridgehead atoms. The largest absolute Gasteiger partial charge is 0.381 e. The van der Waals surface area contributed by atoms with Crippen LogP contribution >= 0.6 is 27.3 Å². The first kappa shape index (κ1) is 11.7.